The number of hydrogen-bond donors (Lipinski definition) is 1. The number of ether oxygens (including phenoxy) is 1. The molecule has 0 spiro atoms. The zero-order chi connectivity index (χ0) is 25.1. The van der Waals surface area contributed by atoms with Gasteiger partial charge in [0, 0.05) is 18.0 Å². The lowest BCUT2D eigenvalue weighted by Crippen LogP contribution is -2.32. The standard InChI is InChI=1S/C23H28ClFN4O3S2/c1-15(2)34(30,31)26-12-13-33-22-28-27-21(29(22)18-9-7-17(25)8-10-18)23(3,4)16-6-11-19(24)20(14-16)32-5/h6-11,14-15,26H,12-13H2,1-5H3. The van der Waals surface area contributed by atoms with Crippen molar-refractivity contribution in [1.29, 1.82) is 0 Å². The van der Waals surface area contributed by atoms with E-state index in [9.17, 15) is 12.8 Å². The highest BCUT2D eigenvalue weighted by Crippen LogP contribution is 2.37. The lowest BCUT2D eigenvalue weighted by Gasteiger charge is -2.26. The average molecular weight is 527 g/mol. The molecule has 1 N–H and O–H groups in total. The summed E-state index contributed by atoms with van der Waals surface area (Å²) in [6.07, 6.45) is 0. The summed E-state index contributed by atoms with van der Waals surface area (Å²) in [5.74, 6) is 1.28. The van der Waals surface area contributed by atoms with E-state index in [1.54, 1.807) is 39.2 Å². The van der Waals surface area contributed by atoms with E-state index in [4.69, 9.17) is 16.3 Å². The van der Waals surface area contributed by atoms with Crippen LogP contribution < -0.4 is 9.46 Å². The smallest absolute Gasteiger partial charge is 0.213 e. The molecular formula is C23H28ClFN4O3S2. The summed E-state index contributed by atoms with van der Waals surface area (Å²) in [6, 6.07) is 11.6. The van der Waals surface area contributed by atoms with Crippen molar-refractivity contribution in [2.45, 2.75) is 43.5 Å². The van der Waals surface area contributed by atoms with Gasteiger partial charge in [-0.1, -0.05) is 29.4 Å². The van der Waals surface area contributed by atoms with Gasteiger partial charge in [-0.3, -0.25) is 4.57 Å². The zero-order valence-corrected chi connectivity index (χ0v) is 22.1. The van der Waals surface area contributed by atoms with E-state index in [0.717, 1.165) is 5.56 Å². The van der Waals surface area contributed by atoms with E-state index >= 15 is 0 Å². The maximum atomic E-state index is 13.6. The Hall–Kier alpha value is -2.14. The van der Waals surface area contributed by atoms with Crippen molar-refractivity contribution in [1.82, 2.24) is 19.5 Å². The maximum Gasteiger partial charge on any atom is 0.213 e. The first-order valence-electron chi connectivity index (χ1n) is 10.6. The van der Waals surface area contributed by atoms with Gasteiger partial charge >= 0.3 is 0 Å². The Labute approximate surface area is 209 Å². The van der Waals surface area contributed by atoms with E-state index in [2.05, 4.69) is 14.9 Å². The van der Waals surface area contributed by atoms with Crippen LogP contribution in [0.25, 0.3) is 5.69 Å². The van der Waals surface area contributed by atoms with Gasteiger partial charge in [0.25, 0.3) is 0 Å². The van der Waals surface area contributed by atoms with E-state index in [-0.39, 0.29) is 12.4 Å². The topological polar surface area (TPSA) is 86.1 Å². The molecule has 34 heavy (non-hydrogen) atoms. The molecule has 0 atom stereocenters. The molecule has 3 aromatic rings. The lowest BCUT2D eigenvalue weighted by atomic mass is 9.83. The molecule has 0 saturated carbocycles. The minimum Gasteiger partial charge on any atom is -0.495 e. The molecule has 0 radical (unpaired) electrons. The maximum absolute atomic E-state index is 13.6. The van der Waals surface area contributed by atoms with E-state index in [1.807, 2.05) is 30.5 Å². The van der Waals surface area contributed by atoms with Gasteiger partial charge in [0.05, 0.1) is 22.8 Å². The van der Waals surface area contributed by atoms with Gasteiger partial charge < -0.3 is 4.74 Å². The molecule has 11 heteroatoms. The number of nitrogens with one attached hydrogen (secondary N) is 1. The van der Waals surface area contributed by atoms with Crippen LogP contribution in [0.1, 0.15) is 39.1 Å². The van der Waals surface area contributed by atoms with Crippen LogP contribution in [0.5, 0.6) is 5.75 Å². The average Bonchev–Trinajstić information content (AvgIpc) is 3.22. The normalized spacial score (nSPS) is 12.4. The fourth-order valence-corrected chi connectivity index (χ4v) is 5.11. The number of halogens is 2. The van der Waals surface area contributed by atoms with Crippen LogP contribution in [0, 0.1) is 5.82 Å². The van der Waals surface area contributed by atoms with Gasteiger partial charge in [0.15, 0.2) is 5.16 Å². The second kappa shape index (κ2) is 10.6. The molecule has 0 saturated heterocycles. The largest absolute Gasteiger partial charge is 0.495 e. The number of methoxy groups -OCH3 is 1. The van der Waals surface area contributed by atoms with Crippen LogP contribution in [-0.2, 0) is 15.4 Å². The first kappa shape index (κ1) is 26.5. The number of hydrogen-bond acceptors (Lipinski definition) is 6. The summed E-state index contributed by atoms with van der Waals surface area (Å²) in [5, 5.41) is 9.43. The van der Waals surface area contributed by atoms with Crippen molar-refractivity contribution in [2.24, 2.45) is 0 Å². The molecule has 3 rings (SSSR count). The fourth-order valence-electron chi connectivity index (χ4n) is 3.26. The summed E-state index contributed by atoms with van der Waals surface area (Å²) < 4.78 is 47.5. The van der Waals surface area contributed by atoms with Gasteiger partial charge in [0.1, 0.15) is 17.4 Å². The molecular weight excluding hydrogens is 499 g/mol. The number of nitrogens with zero attached hydrogens (tertiary/aromatic N) is 3. The summed E-state index contributed by atoms with van der Waals surface area (Å²) >= 11 is 7.58. The Kier molecular flexibility index (Phi) is 8.28. The Balaban J connectivity index is 1.98. The first-order valence-corrected chi connectivity index (χ1v) is 13.6. The summed E-state index contributed by atoms with van der Waals surface area (Å²) in [5.41, 5.74) is 0.989. The minimum atomic E-state index is -3.35. The van der Waals surface area contributed by atoms with E-state index in [1.165, 1.54) is 23.9 Å². The Morgan fingerprint density at radius 2 is 1.85 bits per heavy atom. The second-order valence-corrected chi connectivity index (χ2v) is 12.2. The molecule has 1 heterocycles. The lowest BCUT2D eigenvalue weighted by molar-refractivity contribution is 0.413. The van der Waals surface area contributed by atoms with Crippen molar-refractivity contribution in [2.75, 3.05) is 19.4 Å². The molecule has 0 aliphatic heterocycles. The van der Waals surface area contributed by atoms with Gasteiger partial charge in [0.2, 0.25) is 10.0 Å². The van der Waals surface area contributed by atoms with Gasteiger partial charge in [-0.05, 0) is 69.7 Å². The predicted molar refractivity (Wildman–Crippen MR) is 134 cm³/mol. The molecule has 0 amide bonds. The van der Waals surface area contributed by atoms with Crippen LogP contribution in [0.15, 0.2) is 47.6 Å². The molecule has 1 aromatic heterocycles. The van der Waals surface area contributed by atoms with Gasteiger partial charge in [-0.15, -0.1) is 10.2 Å². The second-order valence-electron chi connectivity index (χ2n) is 8.43. The zero-order valence-electron chi connectivity index (χ0n) is 19.7. The van der Waals surface area contributed by atoms with Crippen LogP contribution in [0.2, 0.25) is 5.02 Å². The van der Waals surface area contributed by atoms with E-state index < -0.39 is 20.7 Å². The van der Waals surface area contributed by atoms with Crippen molar-refractivity contribution >= 4 is 33.4 Å². The number of sulfonamides is 1. The molecule has 184 valence electrons. The number of benzene rings is 2. The van der Waals surface area contributed by atoms with Crippen LogP contribution in [0.4, 0.5) is 4.39 Å². The van der Waals surface area contributed by atoms with Crippen LogP contribution in [-0.4, -0.2) is 47.8 Å². The Morgan fingerprint density at radius 1 is 1.18 bits per heavy atom. The molecule has 7 nitrogen and oxygen atoms in total. The van der Waals surface area contributed by atoms with Crippen molar-refractivity contribution in [3.8, 4) is 11.4 Å². The van der Waals surface area contributed by atoms with Crippen molar-refractivity contribution < 1.29 is 17.5 Å². The number of thioether (sulfide) groups is 1. The van der Waals surface area contributed by atoms with Gasteiger partial charge in [-0.2, -0.15) is 0 Å². The Morgan fingerprint density at radius 3 is 2.47 bits per heavy atom. The third-order valence-electron chi connectivity index (χ3n) is 5.41. The van der Waals surface area contributed by atoms with Crippen LogP contribution in [0.3, 0.4) is 0 Å². The molecule has 0 bridgehead atoms. The third kappa shape index (κ3) is 5.73. The monoisotopic (exact) mass is 526 g/mol. The van der Waals surface area contributed by atoms with Crippen molar-refractivity contribution in [3.63, 3.8) is 0 Å². The van der Waals surface area contributed by atoms with Crippen LogP contribution >= 0.6 is 23.4 Å². The third-order valence-corrected chi connectivity index (χ3v) is 8.50. The highest BCUT2D eigenvalue weighted by molar-refractivity contribution is 7.99. The summed E-state index contributed by atoms with van der Waals surface area (Å²) in [7, 11) is -1.80. The molecule has 0 unspecified atom stereocenters. The number of rotatable bonds is 10. The highest BCUT2D eigenvalue weighted by atomic mass is 35.5. The molecule has 0 aliphatic carbocycles. The van der Waals surface area contributed by atoms with Crippen molar-refractivity contribution in [3.05, 3.63) is 64.7 Å². The summed E-state index contributed by atoms with van der Waals surface area (Å²) in [4.78, 5) is 0. The van der Waals surface area contributed by atoms with Gasteiger partial charge in [-0.25, -0.2) is 17.5 Å². The fraction of sp³-hybridized carbons (Fsp3) is 0.391. The minimum absolute atomic E-state index is 0.245. The SMILES string of the molecule is COc1cc(C(C)(C)c2nnc(SCCNS(=O)(=O)C(C)C)n2-c2ccc(F)cc2)ccc1Cl. The van der Waals surface area contributed by atoms with E-state index in [0.29, 0.717) is 33.2 Å². The quantitative estimate of drug-likeness (QED) is 0.301. The summed E-state index contributed by atoms with van der Waals surface area (Å²) in [6.45, 7) is 7.51. The first-order chi connectivity index (χ1) is 16.0. The molecule has 2 aromatic carbocycles. The predicted octanol–water partition coefficient (Wildman–Crippen LogP) is 4.81. The Bertz CT molecular complexity index is 1250. The molecule has 0 aliphatic rings. The highest BCUT2D eigenvalue weighted by Gasteiger charge is 2.32. The number of aromatic nitrogens is 3. The molecule has 0 fully saturated rings.